The molecule has 10 nitrogen and oxygen atoms in total. The Morgan fingerprint density at radius 2 is 2.00 bits per heavy atom. The number of amides is 1. The van der Waals surface area contributed by atoms with Gasteiger partial charge in [-0.25, -0.2) is 18.9 Å². The molecule has 0 saturated heterocycles. The Kier molecular flexibility index (Phi) is 5.74. The first kappa shape index (κ1) is 24.3. The van der Waals surface area contributed by atoms with Crippen molar-refractivity contribution in [2.45, 2.75) is 38.2 Å². The third-order valence-electron chi connectivity index (χ3n) is 7.55. The first-order valence-corrected chi connectivity index (χ1v) is 13.1. The number of hydrogen-bond donors (Lipinski definition) is 2. The van der Waals surface area contributed by atoms with E-state index in [0.29, 0.717) is 53.6 Å². The second kappa shape index (κ2) is 9.45. The van der Waals surface area contributed by atoms with Crippen LogP contribution in [0, 0.1) is 5.82 Å². The molecule has 11 heteroatoms. The van der Waals surface area contributed by atoms with E-state index in [2.05, 4.69) is 25.0 Å². The zero-order chi connectivity index (χ0) is 27.4. The van der Waals surface area contributed by atoms with Gasteiger partial charge in [-0.2, -0.15) is 15.1 Å². The number of fused-ring (bicyclic) bond motifs is 2. The van der Waals surface area contributed by atoms with Gasteiger partial charge in [0.25, 0.3) is 5.91 Å². The van der Waals surface area contributed by atoms with Gasteiger partial charge in [-0.05, 0) is 54.5 Å². The van der Waals surface area contributed by atoms with E-state index in [9.17, 15) is 9.90 Å². The maximum atomic E-state index is 15.2. The number of anilines is 2. The lowest BCUT2D eigenvalue weighted by molar-refractivity contribution is 0.0976. The minimum atomic E-state index is -0.493. The number of nitrogens with two attached hydrogens (primary N) is 1. The number of hydrogen-bond acceptors (Lipinski definition) is 8. The number of nitrogens with zero attached hydrogens (tertiary/aromatic N) is 7. The van der Waals surface area contributed by atoms with Crippen LogP contribution in [0.25, 0.3) is 17.0 Å². The van der Waals surface area contributed by atoms with Gasteiger partial charge in [-0.15, -0.1) is 0 Å². The number of rotatable bonds is 6. The number of carbonyl (C=O) groups excluding carboxylic acids is 1. The fraction of sp³-hybridized carbons (Fsp3) is 0.241. The predicted molar refractivity (Wildman–Crippen MR) is 145 cm³/mol. The Balaban J connectivity index is 1.25. The summed E-state index contributed by atoms with van der Waals surface area (Å²) in [5.74, 6) is 0.178. The van der Waals surface area contributed by atoms with Crippen LogP contribution in [-0.4, -0.2) is 47.1 Å². The second-order valence-electron chi connectivity index (χ2n) is 10.1. The molecule has 2 aromatic carbocycles. The molecule has 0 radical (unpaired) electrons. The normalized spacial score (nSPS) is 15.1. The Morgan fingerprint density at radius 1 is 1.12 bits per heavy atom. The predicted octanol–water partition coefficient (Wildman–Crippen LogP) is 3.47. The summed E-state index contributed by atoms with van der Waals surface area (Å²) in [5.41, 5.74) is 10.8. The second-order valence-corrected chi connectivity index (χ2v) is 10.1. The summed E-state index contributed by atoms with van der Waals surface area (Å²) in [5, 5.41) is 14.8. The van der Waals surface area contributed by atoms with Gasteiger partial charge in [-0.1, -0.05) is 18.2 Å². The van der Waals surface area contributed by atoms with Gasteiger partial charge >= 0.3 is 0 Å². The molecule has 5 aromatic rings. The van der Waals surface area contributed by atoms with E-state index >= 15 is 4.39 Å². The average Bonchev–Trinajstić information content (AvgIpc) is 3.74. The Morgan fingerprint density at radius 3 is 2.83 bits per heavy atom. The Hall–Kier alpha value is -4.77. The van der Waals surface area contributed by atoms with Crippen molar-refractivity contribution in [1.82, 2.24) is 29.5 Å². The lowest BCUT2D eigenvalue weighted by Gasteiger charge is -2.31. The molecule has 3 N–H and O–H groups in total. The summed E-state index contributed by atoms with van der Waals surface area (Å²) in [4.78, 5) is 32.7. The standard InChI is InChI=1S/C29H25FN8O2/c30-22-12-18(16-5-6-16)11-17-7-10-37(28(40)25(17)22)23-4-1-3-20(21(23)15-39)26-34-24(35-29(31)36-26)13-19-14-33-38-9-2-8-32-27(19)38/h1-4,8-9,11-12,14,16,39H,5-7,10,13,15H2,(H2,31,34,35,36). The Bertz CT molecular complexity index is 1800. The lowest BCUT2D eigenvalue weighted by atomic mass is 9.93. The van der Waals surface area contributed by atoms with Crippen molar-refractivity contribution >= 4 is 23.2 Å². The van der Waals surface area contributed by atoms with E-state index in [-0.39, 0.29) is 23.9 Å². The molecule has 0 unspecified atom stereocenters. The first-order chi connectivity index (χ1) is 19.5. The molecule has 1 fully saturated rings. The maximum Gasteiger partial charge on any atom is 0.261 e. The van der Waals surface area contributed by atoms with Crippen LogP contribution in [0.5, 0.6) is 0 Å². The average molecular weight is 537 g/mol. The number of aliphatic hydroxyl groups is 1. The van der Waals surface area contributed by atoms with Crippen LogP contribution in [0.4, 0.5) is 16.0 Å². The summed E-state index contributed by atoms with van der Waals surface area (Å²) in [6.45, 7) is -0.0215. The van der Waals surface area contributed by atoms with Crippen molar-refractivity contribution < 1.29 is 14.3 Å². The largest absolute Gasteiger partial charge is 0.392 e. The molecule has 0 bridgehead atoms. The van der Waals surface area contributed by atoms with Gasteiger partial charge in [0, 0.05) is 42.0 Å². The highest BCUT2D eigenvalue weighted by molar-refractivity contribution is 6.09. The zero-order valence-electron chi connectivity index (χ0n) is 21.5. The highest BCUT2D eigenvalue weighted by Crippen LogP contribution is 2.42. The van der Waals surface area contributed by atoms with Gasteiger partial charge in [0.15, 0.2) is 11.5 Å². The summed E-state index contributed by atoms with van der Waals surface area (Å²) < 4.78 is 16.8. The highest BCUT2D eigenvalue weighted by atomic mass is 19.1. The molecule has 4 heterocycles. The molecule has 0 spiro atoms. The SMILES string of the molecule is Nc1nc(Cc2cnn3cccnc23)nc(-c2cccc(N3CCc4cc(C5CC5)cc(F)c4C3=O)c2CO)n1. The quantitative estimate of drug-likeness (QED) is 0.337. The number of nitrogen functional groups attached to an aromatic ring is 1. The van der Waals surface area contributed by atoms with E-state index in [1.54, 1.807) is 47.4 Å². The monoisotopic (exact) mass is 536 g/mol. The summed E-state index contributed by atoms with van der Waals surface area (Å²) in [7, 11) is 0. The third-order valence-corrected chi connectivity index (χ3v) is 7.55. The molecular formula is C29H25FN8O2. The maximum absolute atomic E-state index is 15.2. The van der Waals surface area contributed by atoms with Gasteiger partial charge in [-0.3, -0.25) is 4.79 Å². The number of aromatic nitrogens is 6. The highest BCUT2D eigenvalue weighted by Gasteiger charge is 2.33. The number of halogens is 1. The van der Waals surface area contributed by atoms with Crippen LogP contribution >= 0.6 is 0 Å². The van der Waals surface area contributed by atoms with Crippen molar-refractivity contribution in [3.8, 4) is 11.4 Å². The molecule has 1 saturated carbocycles. The van der Waals surface area contributed by atoms with E-state index in [0.717, 1.165) is 29.5 Å². The third kappa shape index (κ3) is 4.15. The van der Waals surface area contributed by atoms with Crippen LogP contribution in [0.3, 0.4) is 0 Å². The fourth-order valence-electron chi connectivity index (χ4n) is 5.49. The minimum absolute atomic E-state index is 0.0234. The summed E-state index contributed by atoms with van der Waals surface area (Å²) >= 11 is 0. The van der Waals surface area contributed by atoms with E-state index < -0.39 is 11.7 Å². The van der Waals surface area contributed by atoms with Gasteiger partial charge in [0.1, 0.15) is 11.6 Å². The van der Waals surface area contributed by atoms with Gasteiger partial charge < -0.3 is 15.7 Å². The van der Waals surface area contributed by atoms with Crippen LogP contribution < -0.4 is 10.6 Å². The van der Waals surface area contributed by atoms with E-state index in [4.69, 9.17) is 5.73 Å². The number of carbonyl (C=O) groups is 1. The first-order valence-electron chi connectivity index (χ1n) is 13.1. The zero-order valence-corrected chi connectivity index (χ0v) is 21.5. The van der Waals surface area contributed by atoms with Crippen LogP contribution in [0.1, 0.15) is 57.2 Å². The summed E-state index contributed by atoms with van der Waals surface area (Å²) in [6.07, 6.45) is 8.15. The van der Waals surface area contributed by atoms with Gasteiger partial charge in [0.2, 0.25) is 5.95 Å². The molecule has 2 aliphatic rings. The number of aliphatic hydroxyl groups excluding tert-OH is 1. The van der Waals surface area contributed by atoms with Gasteiger partial charge in [0.05, 0.1) is 24.1 Å². The van der Waals surface area contributed by atoms with Crippen molar-refractivity contribution in [3.63, 3.8) is 0 Å². The molecule has 1 aliphatic carbocycles. The molecule has 1 aliphatic heterocycles. The topological polar surface area (TPSA) is 135 Å². The lowest BCUT2D eigenvalue weighted by Crippen LogP contribution is -2.39. The summed E-state index contributed by atoms with van der Waals surface area (Å²) in [6, 6.07) is 10.5. The number of benzene rings is 2. The van der Waals surface area contributed by atoms with E-state index in [1.165, 1.54) is 11.0 Å². The van der Waals surface area contributed by atoms with Crippen LogP contribution in [0.15, 0.2) is 55.0 Å². The van der Waals surface area contributed by atoms with Crippen LogP contribution in [0.2, 0.25) is 0 Å². The van der Waals surface area contributed by atoms with Crippen molar-refractivity contribution in [2.75, 3.05) is 17.2 Å². The van der Waals surface area contributed by atoms with Crippen LogP contribution in [-0.2, 0) is 19.4 Å². The Labute approximate surface area is 228 Å². The van der Waals surface area contributed by atoms with Crippen molar-refractivity contribution in [2.24, 2.45) is 0 Å². The fourth-order valence-corrected chi connectivity index (χ4v) is 5.49. The molecule has 3 aromatic heterocycles. The van der Waals surface area contributed by atoms with Crippen molar-refractivity contribution in [3.05, 3.63) is 94.4 Å². The molecular weight excluding hydrogens is 511 g/mol. The van der Waals surface area contributed by atoms with Crippen molar-refractivity contribution in [1.29, 1.82) is 0 Å². The van der Waals surface area contributed by atoms with E-state index in [1.807, 2.05) is 6.07 Å². The molecule has 200 valence electrons. The minimum Gasteiger partial charge on any atom is -0.392 e. The molecule has 0 atom stereocenters. The molecule has 40 heavy (non-hydrogen) atoms. The molecule has 1 amide bonds. The molecule has 7 rings (SSSR count). The smallest absolute Gasteiger partial charge is 0.261 e.